The van der Waals surface area contributed by atoms with Crippen molar-refractivity contribution in [2.24, 2.45) is 11.3 Å². The molecule has 0 aliphatic heterocycles. The lowest BCUT2D eigenvalue weighted by Crippen LogP contribution is -2.32. The monoisotopic (exact) mass is 255 g/mol. The number of unbranched alkanes of at least 4 members (excludes halogenated alkanes) is 3. The second-order valence-corrected chi connectivity index (χ2v) is 6.67. The highest BCUT2D eigenvalue weighted by atomic mass is 14.9. The van der Waals surface area contributed by atoms with Crippen LogP contribution in [-0.4, -0.2) is 13.1 Å². The number of hydrogen-bond acceptors (Lipinski definition) is 1. The molecule has 0 amide bonds. The Kier molecular flexibility index (Phi) is 10.8. The summed E-state index contributed by atoms with van der Waals surface area (Å²) in [6.07, 6.45) is 10.9. The summed E-state index contributed by atoms with van der Waals surface area (Å²) in [5.41, 5.74) is 0.470. The Morgan fingerprint density at radius 2 is 1.61 bits per heavy atom. The van der Waals surface area contributed by atoms with E-state index in [0.29, 0.717) is 5.41 Å². The molecule has 0 aliphatic rings. The van der Waals surface area contributed by atoms with Crippen molar-refractivity contribution >= 4 is 0 Å². The van der Waals surface area contributed by atoms with Gasteiger partial charge in [0.2, 0.25) is 0 Å². The third kappa shape index (κ3) is 9.94. The molecule has 0 radical (unpaired) electrons. The molecule has 0 rings (SSSR count). The summed E-state index contributed by atoms with van der Waals surface area (Å²) in [4.78, 5) is 0. The number of nitrogens with one attached hydrogen (secondary N) is 1. The van der Waals surface area contributed by atoms with E-state index in [4.69, 9.17) is 0 Å². The van der Waals surface area contributed by atoms with Gasteiger partial charge in [0.15, 0.2) is 0 Å². The van der Waals surface area contributed by atoms with Crippen molar-refractivity contribution in [2.45, 2.75) is 86.0 Å². The number of hydrogen-bond donors (Lipinski definition) is 1. The molecule has 0 aromatic heterocycles. The largest absolute Gasteiger partial charge is 0.316 e. The van der Waals surface area contributed by atoms with Crippen LogP contribution in [-0.2, 0) is 0 Å². The second-order valence-electron chi connectivity index (χ2n) is 6.67. The molecule has 0 aliphatic carbocycles. The molecule has 18 heavy (non-hydrogen) atoms. The summed E-state index contributed by atoms with van der Waals surface area (Å²) in [5, 5.41) is 3.71. The lowest BCUT2D eigenvalue weighted by atomic mass is 9.86. The molecular weight excluding hydrogens is 218 g/mol. The molecule has 0 spiro atoms. The molecule has 1 N–H and O–H groups in total. The fourth-order valence-electron chi connectivity index (χ4n) is 2.50. The maximum absolute atomic E-state index is 3.71. The van der Waals surface area contributed by atoms with Gasteiger partial charge >= 0.3 is 0 Å². The van der Waals surface area contributed by atoms with Crippen molar-refractivity contribution in [3.63, 3.8) is 0 Å². The molecule has 110 valence electrons. The molecular formula is C17H37N. The van der Waals surface area contributed by atoms with Gasteiger partial charge in [0.1, 0.15) is 0 Å². The molecule has 0 aromatic carbocycles. The Bertz CT molecular complexity index is 174. The van der Waals surface area contributed by atoms with Crippen LogP contribution in [0.3, 0.4) is 0 Å². The first-order valence-electron chi connectivity index (χ1n) is 8.26. The van der Waals surface area contributed by atoms with Gasteiger partial charge in [-0.3, -0.25) is 0 Å². The van der Waals surface area contributed by atoms with Crippen LogP contribution in [0, 0.1) is 11.3 Å². The highest BCUT2D eigenvalue weighted by Gasteiger charge is 2.17. The zero-order valence-electron chi connectivity index (χ0n) is 13.6. The van der Waals surface area contributed by atoms with Crippen molar-refractivity contribution in [3.8, 4) is 0 Å². The van der Waals surface area contributed by atoms with Gasteiger partial charge in [-0.1, -0.05) is 73.1 Å². The van der Waals surface area contributed by atoms with Crippen molar-refractivity contribution < 1.29 is 0 Å². The SMILES string of the molecule is CCCCCC(C)(C)CNCC(CC)CCCC. The predicted molar refractivity (Wildman–Crippen MR) is 84.1 cm³/mol. The third-order valence-electron chi connectivity index (χ3n) is 4.04. The van der Waals surface area contributed by atoms with Crippen LogP contribution in [0.15, 0.2) is 0 Å². The Labute approximate surface area is 116 Å². The van der Waals surface area contributed by atoms with Gasteiger partial charge in [-0.05, 0) is 30.7 Å². The maximum Gasteiger partial charge on any atom is 0.000263 e. The molecule has 0 saturated carbocycles. The quantitative estimate of drug-likeness (QED) is 0.460. The summed E-state index contributed by atoms with van der Waals surface area (Å²) >= 11 is 0. The van der Waals surface area contributed by atoms with E-state index in [1.54, 1.807) is 0 Å². The topological polar surface area (TPSA) is 12.0 Å². The van der Waals surface area contributed by atoms with Gasteiger partial charge in [-0.25, -0.2) is 0 Å². The highest BCUT2D eigenvalue weighted by molar-refractivity contribution is 4.72. The van der Waals surface area contributed by atoms with Gasteiger partial charge < -0.3 is 5.32 Å². The average molecular weight is 255 g/mol. The van der Waals surface area contributed by atoms with Crippen LogP contribution in [0.4, 0.5) is 0 Å². The molecule has 1 nitrogen and oxygen atoms in total. The van der Waals surface area contributed by atoms with Crippen molar-refractivity contribution in [2.75, 3.05) is 13.1 Å². The van der Waals surface area contributed by atoms with Crippen LogP contribution < -0.4 is 5.32 Å². The molecule has 1 atom stereocenters. The summed E-state index contributed by atoms with van der Waals surface area (Å²) in [5.74, 6) is 0.886. The van der Waals surface area contributed by atoms with Gasteiger partial charge in [-0.15, -0.1) is 0 Å². The molecule has 0 heterocycles. The highest BCUT2D eigenvalue weighted by Crippen LogP contribution is 2.23. The molecule has 1 unspecified atom stereocenters. The van der Waals surface area contributed by atoms with E-state index < -0.39 is 0 Å². The summed E-state index contributed by atoms with van der Waals surface area (Å²) in [6.45, 7) is 14.1. The van der Waals surface area contributed by atoms with Crippen LogP contribution in [0.5, 0.6) is 0 Å². The van der Waals surface area contributed by atoms with E-state index in [0.717, 1.165) is 5.92 Å². The Morgan fingerprint density at radius 3 is 2.17 bits per heavy atom. The molecule has 1 heteroatoms. The van der Waals surface area contributed by atoms with Gasteiger partial charge in [0, 0.05) is 6.54 Å². The number of rotatable bonds is 12. The van der Waals surface area contributed by atoms with Crippen molar-refractivity contribution in [3.05, 3.63) is 0 Å². The zero-order valence-corrected chi connectivity index (χ0v) is 13.6. The van der Waals surface area contributed by atoms with E-state index in [-0.39, 0.29) is 0 Å². The Hall–Kier alpha value is -0.0400. The minimum absolute atomic E-state index is 0.470. The maximum atomic E-state index is 3.71. The molecule has 0 bridgehead atoms. The van der Waals surface area contributed by atoms with Crippen molar-refractivity contribution in [1.82, 2.24) is 5.32 Å². The van der Waals surface area contributed by atoms with Gasteiger partial charge in [0.25, 0.3) is 0 Å². The minimum Gasteiger partial charge on any atom is -0.316 e. The van der Waals surface area contributed by atoms with E-state index >= 15 is 0 Å². The third-order valence-corrected chi connectivity index (χ3v) is 4.04. The predicted octanol–water partition coefficient (Wildman–Crippen LogP) is 5.40. The fourth-order valence-corrected chi connectivity index (χ4v) is 2.50. The lowest BCUT2D eigenvalue weighted by Gasteiger charge is -2.26. The second kappa shape index (κ2) is 10.8. The smallest absolute Gasteiger partial charge is 0.000263 e. The Balaban J connectivity index is 3.71. The normalized spacial score (nSPS) is 13.8. The molecule has 0 saturated heterocycles. The first-order chi connectivity index (χ1) is 8.55. The lowest BCUT2D eigenvalue weighted by molar-refractivity contribution is 0.288. The average Bonchev–Trinajstić information content (AvgIpc) is 2.33. The molecule has 0 fully saturated rings. The van der Waals surface area contributed by atoms with Crippen LogP contribution in [0.25, 0.3) is 0 Å². The van der Waals surface area contributed by atoms with E-state index in [9.17, 15) is 0 Å². The minimum atomic E-state index is 0.470. The van der Waals surface area contributed by atoms with Crippen LogP contribution >= 0.6 is 0 Å². The zero-order chi connectivity index (χ0) is 13.9. The van der Waals surface area contributed by atoms with E-state index in [1.165, 1.54) is 64.5 Å². The Morgan fingerprint density at radius 1 is 0.944 bits per heavy atom. The summed E-state index contributed by atoms with van der Waals surface area (Å²) in [6, 6.07) is 0. The van der Waals surface area contributed by atoms with E-state index in [2.05, 4.69) is 39.9 Å². The van der Waals surface area contributed by atoms with Gasteiger partial charge in [0.05, 0.1) is 0 Å². The van der Waals surface area contributed by atoms with Crippen LogP contribution in [0.1, 0.15) is 86.0 Å². The van der Waals surface area contributed by atoms with E-state index in [1.807, 2.05) is 0 Å². The summed E-state index contributed by atoms with van der Waals surface area (Å²) in [7, 11) is 0. The van der Waals surface area contributed by atoms with Crippen molar-refractivity contribution in [1.29, 1.82) is 0 Å². The van der Waals surface area contributed by atoms with Crippen LogP contribution in [0.2, 0.25) is 0 Å². The van der Waals surface area contributed by atoms with Gasteiger partial charge in [-0.2, -0.15) is 0 Å². The first kappa shape index (κ1) is 18.0. The standard InChI is InChI=1S/C17H37N/c1-6-9-11-13-17(4,5)15-18-14-16(8-3)12-10-7-2/h16,18H,6-15H2,1-5H3. The first-order valence-corrected chi connectivity index (χ1v) is 8.26. The molecule has 0 aromatic rings. The summed E-state index contributed by atoms with van der Waals surface area (Å²) < 4.78 is 0. The fraction of sp³-hybridized carbons (Fsp3) is 1.00.